The first-order valence-electron chi connectivity index (χ1n) is 9.57. The van der Waals surface area contributed by atoms with E-state index in [1.165, 1.54) is 11.0 Å². The molecule has 9 heteroatoms. The van der Waals surface area contributed by atoms with Gasteiger partial charge < -0.3 is 14.6 Å². The zero-order valence-electron chi connectivity index (χ0n) is 15.6. The summed E-state index contributed by atoms with van der Waals surface area (Å²) in [7, 11) is 0. The Balaban J connectivity index is 1.64. The molecule has 4 aliphatic rings. The van der Waals surface area contributed by atoms with Crippen LogP contribution in [0, 0.1) is 23.2 Å². The normalized spacial score (nSPS) is 40.7. The lowest BCUT2D eigenvalue weighted by Crippen LogP contribution is -2.49. The number of rotatable bonds is 1. The van der Waals surface area contributed by atoms with Crippen LogP contribution in [0.5, 0.6) is 0 Å². The highest BCUT2D eigenvalue weighted by Gasteiger charge is 2.77. The summed E-state index contributed by atoms with van der Waals surface area (Å²) in [5.41, 5.74) is -3.36. The fourth-order valence-electron chi connectivity index (χ4n) is 5.83. The lowest BCUT2D eigenvalue weighted by Gasteiger charge is -2.35. The number of fused-ring (bicyclic) bond motifs is 2. The summed E-state index contributed by atoms with van der Waals surface area (Å²) >= 11 is 0. The van der Waals surface area contributed by atoms with Gasteiger partial charge >= 0.3 is 6.18 Å². The third-order valence-corrected chi connectivity index (χ3v) is 7.01. The molecule has 0 aromatic heterocycles. The summed E-state index contributed by atoms with van der Waals surface area (Å²) in [5.74, 6) is -1.47. The fraction of sp³-hybridized carbons (Fsp3) is 0.600. The Morgan fingerprint density at radius 3 is 2.83 bits per heavy atom. The van der Waals surface area contributed by atoms with Crippen LogP contribution in [0.2, 0.25) is 0 Å². The van der Waals surface area contributed by atoms with Gasteiger partial charge in [-0.25, -0.2) is 0 Å². The molecule has 5 rings (SSSR count). The van der Waals surface area contributed by atoms with Gasteiger partial charge in [-0.3, -0.25) is 9.69 Å². The second kappa shape index (κ2) is 5.72. The highest BCUT2D eigenvalue weighted by atomic mass is 19.4. The Morgan fingerprint density at radius 2 is 2.14 bits per heavy atom. The van der Waals surface area contributed by atoms with Gasteiger partial charge in [0.2, 0.25) is 5.91 Å². The van der Waals surface area contributed by atoms with E-state index >= 15 is 0 Å². The van der Waals surface area contributed by atoms with Gasteiger partial charge in [0.1, 0.15) is 11.8 Å². The van der Waals surface area contributed by atoms with E-state index in [2.05, 4.69) is 0 Å². The van der Waals surface area contributed by atoms with E-state index in [4.69, 9.17) is 14.7 Å². The highest BCUT2D eigenvalue weighted by Crippen LogP contribution is 2.64. The van der Waals surface area contributed by atoms with Crippen LogP contribution in [0.15, 0.2) is 18.2 Å². The Hall–Kier alpha value is -2.15. The van der Waals surface area contributed by atoms with Gasteiger partial charge in [0, 0.05) is 24.6 Å². The molecule has 1 N–H and O–H groups in total. The Bertz CT molecular complexity index is 945. The van der Waals surface area contributed by atoms with Crippen LogP contribution >= 0.6 is 0 Å². The number of alkyl halides is 3. The van der Waals surface area contributed by atoms with Crippen LogP contribution in [0.3, 0.4) is 0 Å². The molecule has 2 bridgehead atoms. The van der Waals surface area contributed by atoms with Gasteiger partial charge in [0.25, 0.3) is 0 Å². The average molecular weight is 408 g/mol. The monoisotopic (exact) mass is 408 g/mol. The van der Waals surface area contributed by atoms with Gasteiger partial charge in [-0.05, 0) is 38.0 Å². The molecular weight excluding hydrogens is 389 g/mol. The third-order valence-electron chi connectivity index (χ3n) is 7.01. The lowest BCUT2D eigenvalue weighted by atomic mass is 9.65. The summed E-state index contributed by atoms with van der Waals surface area (Å²) < 4.78 is 52.6. The Kier molecular flexibility index (Phi) is 3.72. The quantitative estimate of drug-likeness (QED) is 0.773. The fourth-order valence-corrected chi connectivity index (χ4v) is 5.83. The van der Waals surface area contributed by atoms with Gasteiger partial charge in [0.05, 0.1) is 34.8 Å². The molecule has 4 saturated heterocycles. The molecule has 1 aromatic carbocycles. The standard InChI is InChI=1S/C20H19F3N2O4/c1-18-13(26)8-19(29-18)5-2-6-28-17-15(19)14(18)16(27)25(17)11-4-3-10(9-24)12(7-11)20(21,22)23/h3-4,7,13-15,17,26H,2,5-6,8H2,1H3/t13-,14-,15?,17+,18-,19+/m1/s1. The number of carbonyl (C=O) groups excluding carboxylic acids is 1. The molecule has 4 heterocycles. The number of hydrogen-bond acceptors (Lipinski definition) is 5. The zero-order chi connectivity index (χ0) is 20.8. The number of carbonyl (C=O) groups is 1. The number of ether oxygens (including phenoxy) is 2. The number of benzene rings is 1. The number of aliphatic hydroxyl groups is 1. The van der Waals surface area contributed by atoms with Gasteiger partial charge in [-0.2, -0.15) is 18.4 Å². The molecular formula is C20H19F3N2O4. The van der Waals surface area contributed by atoms with Crippen molar-refractivity contribution in [3.05, 3.63) is 29.3 Å². The van der Waals surface area contributed by atoms with Crippen molar-refractivity contribution in [2.75, 3.05) is 11.5 Å². The second-order valence-corrected chi connectivity index (χ2v) is 8.49. The number of aliphatic hydroxyl groups excluding tert-OH is 1. The maximum atomic E-state index is 13.5. The summed E-state index contributed by atoms with van der Waals surface area (Å²) in [6.07, 6.45) is -4.63. The van der Waals surface area contributed by atoms with Crippen LogP contribution in [0.25, 0.3) is 0 Å². The van der Waals surface area contributed by atoms with E-state index in [1.807, 2.05) is 0 Å². The molecule has 1 aromatic rings. The second-order valence-electron chi connectivity index (χ2n) is 8.49. The van der Waals surface area contributed by atoms with Crippen molar-refractivity contribution in [2.45, 2.75) is 55.9 Å². The van der Waals surface area contributed by atoms with E-state index in [0.717, 1.165) is 12.1 Å². The Morgan fingerprint density at radius 1 is 1.38 bits per heavy atom. The summed E-state index contributed by atoms with van der Waals surface area (Å²) in [5, 5.41) is 19.6. The van der Waals surface area contributed by atoms with Gasteiger partial charge in [-0.15, -0.1) is 0 Å². The van der Waals surface area contributed by atoms with E-state index in [1.54, 1.807) is 13.0 Å². The molecule has 4 fully saturated rings. The van der Waals surface area contributed by atoms with Crippen molar-refractivity contribution in [1.82, 2.24) is 0 Å². The summed E-state index contributed by atoms with van der Waals surface area (Å²) in [6, 6.07) is 4.80. The lowest BCUT2D eigenvalue weighted by molar-refractivity contribution is -0.138. The smallest absolute Gasteiger partial charge is 0.390 e. The third kappa shape index (κ3) is 2.31. The summed E-state index contributed by atoms with van der Waals surface area (Å²) in [4.78, 5) is 14.7. The molecule has 6 atom stereocenters. The zero-order valence-corrected chi connectivity index (χ0v) is 15.6. The number of amides is 1. The van der Waals surface area contributed by atoms with Crippen LogP contribution in [0.4, 0.5) is 18.9 Å². The first kappa shape index (κ1) is 18.9. The van der Waals surface area contributed by atoms with Crippen molar-refractivity contribution in [3.63, 3.8) is 0 Å². The number of halogens is 3. The van der Waals surface area contributed by atoms with Crippen molar-refractivity contribution >= 4 is 11.6 Å². The number of hydrogen-bond donors (Lipinski definition) is 1. The van der Waals surface area contributed by atoms with E-state index in [9.17, 15) is 23.1 Å². The van der Waals surface area contributed by atoms with Gasteiger partial charge in [0.15, 0.2) is 0 Å². The predicted octanol–water partition coefficient (Wildman–Crippen LogP) is 2.58. The minimum absolute atomic E-state index is 0.0373. The SMILES string of the molecule is C[C@]12O[C@@]3(CCCO[C@H]4C3[C@@H]1C(=O)N4c1ccc(C#N)c(C(F)(F)F)c1)C[C@H]2O. The number of anilines is 1. The van der Waals surface area contributed by atoms with E-state index in [-0.39, 0.29) is 11.6 Å². The van der Waals surface area contributed by atoms with Crippen molar-refractivity contribution in [1.29, 1.82) is 5.26 Å². The highest BCUT2D eigenvalue weighted by molar-refractivity contribution is 6.00. The first-order chi connectivity index (χ1) is 13.6. The average Bonchev–Trinajstić information content (AvgIpc) is 3.14. The van der Waals surface area contributed by atoms with Crippen LogP contribution in [0.1, 0.15) is 37.3 Å². The molecule has 154 valence electrons. The number of nitriles is 1. The van der Waals surface area contributed by atoms with Crippen LogP contribution in [-0.2, 0) is 20.4 Å². The molecule has 1 spiro atoms. The molecule has 1 amide bonds. The first-order valence-corrected chi connectivity index (χ1v) is 9.57. The maximum Gasteiger partial charge on any atom is 0.417 e. The molecule has 4 aliphatic heterocycles. The predicted molar refractivity (Wildman–Crippen MR) is 92.4 cm³/mol. The van der Waals surface area contributed by atoms with E-state index < -0.39 is 52.7 Å². The van der Waals surface area contributed by atoms with Crippen molar-refractivity contribution < 1.29 is 32.5 Å². The molecule has 29 heavy (non-hydrogen) atoms. The van der Waals surface area contributed by atoms with Crippen molar-refractivity contribution in [3.8, 4) is 6.07 Å². The molecule has 0 radical (unpaired) electrons. The van der Waals surface area contributed by atoms with Crippen LogP contribution in [-0.4, -0.2) is 41.2 Å². The topological polar surface area (TPSA) is 82.8 Å². The van der Waals surface area contributed by atoms with E-state index in [0.29, 0.717) is 25.9 Å². The number of nitrogens with zero attached hydrogens (tertiary/aromatic N) is 2. The molecule has 0 aliphatic carbocycles. The summed E-state index contributed by atoms with van der Waals surface area (Å²) in [6.45, 7) is 2.04. The molecule has 0 saturated carbocycles. The molecule has 6 nitrogen and oxygen atoms in total. The largest absolute Gasteiger partial charge is 0.417 e. The maximum absolute atomic E-state index is 13.5. The Labute approximate surface area is 164 Å². The van der Waals surface area contributed by atoms with Crippen LogP contribution < -0.4 is 4.90 Å². The van der Waals surface area contributed by atoms with Gasteiger partial charge in [-0.1, -0.05) is 0 Å². The minimum atomic E-state index is -4.73. The minimum Gasteiger partial charge on any atom is -0.390 e. The van der Waals surface area contributed by atoms with Crippen molar-refractivity contribution in [2.24, 2.45) is 11.8 Å². The molecule has 1 unspecified atom stereocenters.